The van der Waals surface area contributed by atoms with Crippen molar-refractivity contribution in [2.75, 3.05) is 13.6 Å². The van der Waals surface area contributed by atoms with Crippen LogP contribution in [0.25, 0.3) is 5.65 Å². The van der Waals surface area contributed by atoms with Crippen LogP contribution in [0, 0.1) is 6.92 Å². The summed E-state index contributed by atoms with van der Waals surface area (Å²) in [5, 5.41) is 6.29. The predicted molar refractivity (Wildman–Crippen MR) is 119 cm³/mol. The normalized spacial score (nSPS) is 12.0. The van der Waals surface area contributed by atoms with E-state index in [4.69, 9.17) is 0 Å². The van der Waals surface area contributed by atoms with Gasteiger partial charge in [-0.25, -0.2) is 4.98 Å². The third kappa shape index (κ3) is 6.09. The van der Waals surface area contributed by atoms with Crippen molar-refractivity contribution in [3.63, 3.8) is 0 Å². The molecule has 0 aliphatic carbocycles. The minimum Gasteiger partial charge on any atom is -0.356 e. The molecule has 0 saturated heterocycles. The van der Waals surface area contributed by atoms with Crippen LogP contribution in [0.3, 0.4) is 0 Å². The number of imidazole rings is 1. The highest BCUT2D eigenvalue weighted by molar-refractivity contribution is 14.0. The largest absolute Gasteiger partial charge is 0.416 e. The molecule has 0 unspecified atom stereocenters. The molecule has 2 N–H and O–H groups in total. The van der Waals surface area contributed by atoms with Crippen LogP contribution in [0.4, 0.5) is 13.2 Å². The molecule has 156 valence electrons. The number of aromatic nitrogens is 2. The Bertz CT molecular complexity index is 964. The van der Waals surface area contributed by atoms with E-state index in [1.807, 2.05) is 35.9 Å². The first kappa shape index (κ1) is 23.0. The van der Waals surface area contributed by atoms with Crippen molar-refractivity contribution in [1.82, 2.24) is 20.0 Å². The first-order chi connectivity index (χ1) is 13.4. The molecular weight excluding hydrogens is 494 g/mol. The number of nitrogens with one attached hydrogen (secondary N) is 2. The van der Waals surface area contributed by atoms with Gasteiger partial charge in [0.2, 0.25) is 0 Å². The number of guanidine groups is 1. The van der Waals surface area contributed by atoms with E-state index in [9.17, 15) is 13.2 Å². The first-order valence-corrected chi connectivity index (χ1v) is 8.90. The van der Waals surface area contributed by atoms with E-state index in [2.05, 4.69) is 20.6 Å². The van der Waals surface area contributed by atoms with Crippen molar-refractivity contribution in [2.45, 2.75) is 26.1 Å². The summed E-state index contributed by atoms with van der Waals surface area (Å²) in [6, 6.07) is 9.10. The number of hydrogen-bond acceptors (Lipinski definition) is 2. The standard InChI is InChI=1S/C20H22F3N5.HI/c1-14-4-3-11-28-13-17(27-18(14)28)9-10-25-19(24-2)26-12-15-5-7-16(8-6-15)20(21,22)23;/h3-8,11,13H,9-10,12H2,1-2H3,(H2,24,25,26);1H. The van der Waals surface area contributed by atoms with Crippen LogP contribution >= 0.6 is 24.0 Å². The highest BCUT2D eigenvalue weighted by Crippen LogP contribution is 2.29. The smallest absolute Gasteiger partial charge is 0.356 e. The maximum atomic E-state index is 12.6. The Kier molecular flexibility index (Phi) is 7.88. The van der Waals surface area contributed by atoms with E-state index in [0.717, 1.165) is 41.0 Å². The van der Waals surface area contributed by atoms with Crippen LogP contribution < -0.4 is 10.6 Å². The van der Waals surface area contributed by atoms with Crippen molar-refractivity contribution in [3.8, 4) is 0 Å². The van der Waals surface area contributed by atoms with Crippen molar-refractivity contribution >= 4 is 35.6 Å². The first-order valence-electron chi connectivity index (χ1n) is 8.90. The Labute approximate surface area is 184 Å². The molecule has 3 aromatic rings. The molecule has 29 heavy (non-hydrogen) atoms. The third-order valence-electron chi connectivity index (χ3n) is 4.37. The molecule has 2 heterocycles. The fraction of sp³-hybridized carbons (Fsp3) is 0.300. The van der Waals surface area contributed by atoms with Gasteiger partial charge in [-0.1, -0.05) is 18.2 Å². The number of alkyl halides is 3. The maximum Gasteiger partial charge on any atom is 0.416 e. The molecule has 5 nitrogen and oxygen atoms in total. The lowest BCUT2D eigenvalue weighted by molar-refractivity contribution is -0.137. The molecule has 0 aliphatic heterocycles. The van der Waals surface area contributed by atoms with Gasteiger partial charge >= 0.3 is 6.18 Å². The lowest BCUT2D eigenvalue weighted by atomic mass is 10.1. The van der Waals surface area contributed by atoms with Crippen molar-refractivity contribution in [1.29, 1.82) is 0 Å². The van der Waals surface area contributed by atoms with Gasteiger partial charge in [0.05, 0.1) is 11.3 Å². The van der Waals surface area contributed by atoms with E-state index in [1.165, 1.54) is 12.1 Å². The molecule has 0 aliphatic rings. The second-order valence-electron chi connectivity index (χ2n) is 6.45. The van der Waals surface area contributed by atoms with Crippen LogP contribution in [0.1, 0.15) is 22.4 Å². The minimum absolute atomic E-state index is 0. The van der Waals surface area contributed by atoms with Gasteiger partial charge in [-0.15, -0.1) is 24.0 Å². The molecule has 0 saturated carbocycles. The number of pyridine rings is 1. The van der Waals surface area contributed by atoms with E-state index >= 15 is 0 Å². The number of fused-ring (bicyclic) bond motifs is 1. The molecule has 2 aromatic heterocycles. The molecular formula is C20H23F3IN5. The Hall–Kier alpha value is -2.30. The summed E-state index contributed by atoms with van der Waals surface area (Å²) in [6.45, 7) is 3.04. The van der Waals surface area contributed by atoms with Gasteiger partial charge in [0.15, 0.2) is 5.96 Å². The number of aliphatic imine (C=N–C) groups is 1. The van der Waals surface area contributed by atoms with E-state index in [0.29, 0.717) is 19.0 Å². The summed E-state index contributed by atoms with van der Waals surface area (Å²) < 4.78 is 39.8. The van der Waals surface area contributed by atoms with Crippen LogP contribution in [0.5, 0.6) is 0 Å². The Morgan fingerprint density at radius 1 is 1.14 bits per heavy atom. The number of nitrogens with zero attached hydrogens (tertiary/aromatic N) is 3. The SMILES string of the molecule is CN=C(NCCc1cn2cccc(C)c2n1)NCc1ccc(C(F)(F)F)cc1.I. The number of halogens is 4. The number of benzene rings is 1. The molecule has 3 rings (SSSR count). The molecule has 1 aromatic carbocycles. The fourth-order valence-corrected chi connectivity index (χ4v) is 2.85. The van der Waals surface area contributed by atoms with E-state index in [1.54, 1.807) is 7.05 Å². The summed E-state index contributed by atoms with van der Waals surface area (Å²) >= 11 is 0. The summed E-state index contributed by atoms with van der Waals surface area (Å²) in [6.07, 6.45) is 0.376. The van der Waals surface area contributed by atoms with Crippen molar-refractivity contribution < 1.29 is 13.2 Å². The van der Waals surface area contributed by atoms with Gasteiger partial charge in [-0.2, -0.15) is 13.2 Å². The molecule has 0 fully saturated rings. The van der Waals surface area contributed by atoms with E-state index < -0.39 is 11.7 Å². The van der Waals surface area contributed by atoms with E-state index in [-0.39, 0.29) is 24.0 Å². The van der Waals surface area contributed by atoms with Crippen molar-refractivity contribution in [3.05, 3.63) is 71.2 Å². The number of aryl methyl sites for hydroxylation is 1. The molecule has 0 radical (unpaired) electrons. The van der Waals surface area contributed by atoms with Gasteiger partial charge in [-0.05, 0) is 36.2 Å². The molecule has 9 heteroatoms. The van der Waals surface area contributed by atoms with Crippen LogP contribution in [-0.4, -0.2) is 28.9 Å². The molecule has 0 amide bonds. The van der Waals surface area contributed by atoms with Crippen LogP contribution in [0.15, 0.2) is 53.8 Å². The molecule has 0 spiro atoms. The van der Waals surface area contributed by atoms with Crippen LogP contribution in [-0.2, 0) is 19.1 Å². The topological polar surface area (TPSA) is 53.7 Å². The van der Waals surface area contributed by atoms with Gasteiger partial charge in [0.25, 0.3) is 0 Å². The second-order valence-corrected chi connectivity index (χ2v) is 6.45. The summed E-state index contributed by atoms with van der Waals surface area (Å²) in [4.78, 5) is 8.76. The average Bonchev–Trinajstić information content (AvgIpc) is 3.08. The van der Waals surface area contributed by atoms with Gasteiger partial charge in [0, 0.05) is 39.0 Å². The highest BCUT2D eigenvalue weighted by atomic mass is 127. The summed E-state index contributed by atoms with van der Waals surface area (Å²) in [7, 11) is 1.65. The zero-order valence-corrected chi connectivity index (χ0v) is 18.5. The third-order valence-corrected chi connectivity index (χ3v) is 4.37. The van der Waals surface area contributed by atoms with Gasteiger partial charge < -0.3 is 15.0 Å². The number of rotatable bonds is 5. The highest BCUT2D eigenvalue weighted by Gasteiger charge is 2.29. The maximum absolute atomic E-state index is 12.6. The lowest BCUT2D eigenvalue weighted by Crippen LogP contribution is -2.37. The zero-order chi connectivity index (χ0) is 20.1. The molecule has 0 bridgehead atoms. The van der Waals surface area contributed by atoms with Crippen LogP contribution in [0.2, 0.25) is 0 Å². The van der Waals surface area contributed by atoms with Crippen molar-refractivity contribution in [2.24, 2.45) is 4.99 Å². The Morgan fingerprint density at radius 2 is 1.86 bits per heavy atom. The zero-order valence-electron chi connectivity index (χ0n) is 16.1. The predicted octanol–water partition coefficient (Wildman–Crippen LogP) is 4.19. The second kappa shape index (κ2) is 9.95. The Morgan fingerprint density at radius 3 is 2.48 bits per heavy atom. The summed E-state index contributed by atoms with van der Waals surface area (Å²) in [5.74, 6) is 0.583. The fourth-order valence-electron chi connectivity index (χ4n) is 2.85. The number of hydrogen-bond donors (Lipinski definition) is 2. The minimum atomic E-state index is -4.32. The van der Waals surface area contributed by atoms with Gasteiger partial charge in [-0.3, -0.25) is 4.99 Å². The molecule has 0 atom stereocenters. The lowest BCUT2D eigenvalue weighted by Gasteiger charge is -2.12. The Balaban J connectivity index is 0.00000300. The van der Waals surface area contributed by atoms with Gasteiger partial charge in [0.1, 0.15) is 5.65 Å². The monoisotopic (exact) mass is 517 g/mol. The average molecular weight is 517 g/mol. The summed E-state index contributed by atoms with van der Waals surface area (Å²) in [5.41, 5.74) is 3.13. The quantitative estimate of drug-likeness (QED) is 0.304.